The smallest absolute Gasteiger partial charge is 0.222 e. The van der Waals surface area contributed by atoms with Gasteiger partial charge in [0.25, 0.3) is 0 Å². The summed E-state index contributed by atoms with van der Waals surface area (Å²) in [5, 5.41) is 7.89. The highest BCUT2D eigenvalue weighted by atomic mass is 15.3. The average Bonchev–Trinajstić information content (AvgIpc) is 3.25. The quantitative estimate of drug-likeness (QED) is 0.876. The maximum absolute atomic E-state index is 4.54. The van der Waals surface area contributed by atoms with Crippen LogP contribution in [0.5, 0.6) is 0 Å². The Morgan fingerprint density at radius 1 is 1.04 bits per heavy atom. The van der Waals surface area contributed by atoms with Gasteiger partial charge in [0, 0.05) is 51.3 Å². The van der Waals surface area contributed by atoms with Gasteiger partial charge in [-0.05, 0) is 43.2 Å². The van der Waals surface area contributed by atoms with Gasteiger partial charge in [-0.3, -0.25) is 9.58 Å². The van der Waals surface area contributed by atoms with Crippen LogP contribution in [0.4, 0.5) is 5.95 Å². The van der Waals surface area contributed by atoms with Crippen molar-refractivity contribution in [2.24, 2.45) is 11.8 Å². The molecule has 0 amide bonds. The van der Waals surface area contributed by atoms with E-state index in [1.54, 1.807) is 12.4 Å². The van der Waals surface area contributed by atoms with Gasteiger partial charge in [-0.15, -0.1) is 0 Å². The minimum absolute atomic E-state index is 0.610. The molecule has 3 heterocycles. The molecule has 0 aromatic carbocycles. The zero-order valence-corrected chi connectivity index (χ0v) is 14.8. The molecule has 2 aromatic rings. The second-order valence-electron chi connectivity index (χ2n) is 7.50. The Hall–Kier alpha value is -1.95. The molecule has 25 heavy (non-hydrogen) atoms. The predicted octanol–water partition coefficient (Wildman–Crippen LogP) is 2.80. The number of anilines is 1. The molecule has 0 radical (unpaired) electrons. The van der Waals surface area contributed by atoms with Gasteiger partial charge in [-0.25, -0.2) is 9.97 Å². The Morgan fingerprint density at radius 3 is 2.72 bits per heavy atom. The highest BCUT2D eigenvalue weighted by Crippen LogP contribution is 2.27. The summed E-state index contributed by atoms with van der Waals surface area (Å²) in [6.45, 7) is 5.37. The van der Waals surface area contributed by atoms with Crippen LogP contribution in [-0.2, 0) is 13.1 Å². The van der Waals surface area contributed by atoms with Gasteiger partial charge in [0.1, 0.15) is 0 Å². The Labute approximate surface area is 149 Å². The third-order valence-electron chi connectivity index (χ3n) is 5.53. The molecule has 0 spiro atoms. The van der Waals surface area contributed by atoms with Crippen LogP contribution >= 0.6 is 0 Å². The van der Waals surface area contributed by atoms with E-state index in [4.69, 9.17) is 0 Å². The lowest BCUT2D eigenvalue weighted by Gasteiger charge is -2.26. The summed E-state index contributed by atoms with van der Waals surface area (Å²) in [5.74, 6) is 2.23. The highest BCUT2D eigenvalue weighted by Gasteiger charge is 2.25. The minimum atomic E-state index is 0.610. The first kappa shape index (κ1) is 16.5. The molecule has 134 valence electrons. The number of hydrogen-bond donors (Lipinski definition) is 1. The van der Waals surface area contributed by atoms with Crippen molar-refractivity contribution in [3.63, 3.8) is 0 Å². The van der Waals surface area contributed by atoms with Crippen molar-refractivity contribution in [3.8, 4) is 0 Å². The molecular formula is C19H28N6. The van der Waals surface area contributed by atoms with Crippen molar-refractivity contribution in [3.05, 3.63) is 36.4 Å². The van der Waals surface area contributed by atoms with Crippen molar-refractivity contribution in [2.45, 2.75) is 45.2 Å². The van der Waals surface area contributed by atoms with Crippen molar-refractivity contribution in [1.29, 1.82) is 0 Å². The van der Waals surface area contributed by atoms with E-state index in [1.807, 2.05) is 12.3 Å². The summed E-state index contributed by atoms with van der Waals surface area (Å²) in [7, 11) is 0. The Bertz CT molecular complexity index is 649. The lowest BCUT2D eigenvalue weighted by molar-refractivity contribution is 0.193. The van der Waals surface area contributed by atoms with Gasteiger partial charge in [-0.1, -0.05) is 12.8 Å². The van der Waals surface area contributed by atoms with E-state index >= 15 is 0 Å². The van der Waals surface area contributed by atoms with Gasteiger partial charge in [0.15, 0.2) is 0 Å². The molecule has 2 aliphatic rings. The van der Waals surface area contributed by atoms with Crippen LogP contribution in [0.25, 0.3) is 0 Å². The first-order valence-corrected chi connectivity index (χ1v) is 9.61. The predicted molar refractivity (Wildman–Crippen MR) is 98.1 cm³/mol. The van der Waals surface area contributed by atoms with Crippen LogP contribution in [0.15, 0.2) is 30.7 Å². The van der Waals surface area contributed by atoms with E-state index in [-0.39, 0.29) is 0 Å². The number of nitrogens with zero attached hydrogens (tertiary/aromatic N) is 5. The molecular weight excluding hydrogens is 312 g/mol. The van der Waals surface area contributed by atoms with Crippen molar-refractivity contribution in [2.75, 3.05) is 25.0 Å². The molecule has 1 aliphatic carbocycles. The van der Waals surface area contributed by atoms with Crippen molar-refractivity contribution >= 4 is 5.95 Å². The molecule has 1 N–H and O–H groups in total. The third kappa shape index (κ3) is 4.37. The topological polar surface area (TPSA) is 58.9 Å². The fourth-order valence-electron chi connectivity index (χ4n) is 4.28. The van der Waals surface area contributed by atoms with Crippen LogP contribution in [0, 0.1) is 11.8 Å². The van der Waals surface area contributed by atoms with E-state index in [9.17, 15) is 0 Å². The van der Waals surface area contributed by atoms with Crippen molar-refractivity contribution < 1.29 is 0 Å². The molecule has 1 atom stereocenters. The Kier molecular flexibility index (Phi) is 5.25. The van der Waals surface area contributed by atoms with Crippen molar-refractivity contribution in [1.82, 2.24) is 24.6 Å². The fraction of sp³-hybridized carbons (Fsp3) is 0.632. The molecule has 2 aromatic heterocycles. The molecule has 1 fully saturated rings. The number of rotatable bonds is 6. The second kappa shape index (κ2) is 7.95. The van der Waals surface area contributed by atoms with E-state index in [0.717, 1.165) is 44.5 Å². The van der Waals surface area contributed by atoms with E-state index in [1.165, 1.54) is 37.9 Å². The molecule has 6 nitrogen and oxygen atoms in total. The Balaban J connectivity index is 1.36. The van der Waals surface area contributed by atoms with Crippen LogP contribution in [-0.4, -0.2) is 44.3 Å². The third-order valence-corrected chi connectivity index (χ3v) is 5.53. The molecule has 6 heteroatoms. The van der Waals surface area contributed by atoms with Gasteiger partial charge < -0.3 is 5.32 Å². The van der Waals surface area contributed by atoms with Gasteiger partial charge in [0.2, 0.25) is 5.95 Å². The first-order valence-electron chi connectivity index (χ1n) is 9.61. The zero-order chi connectivity index (χ0) is 16.9. The average molecular weight is 340 g/mol. The van der Waals surface area contributed by atoms with Gasteiger partial charge >= 0.3 is 0 Å². The molecule has 1 saturated carbocycles. The SMILES string of the molecule is c1cnc(NCC[C@H]2CN(CC3CCCC3)Cc3ccnn3C2)nc1. The van der Waals surface area contributed by atoms with E-state index < -0.39 is 0 Å². The number of hydrogen-bond acceptors (Lipinski definition) is 5. The number of aromatic nitrogens is 4. The monoisotopic (exact) mass is 340 g/mol. The molecule has 0 unspecified atom stereocenters. The van der Waals surface area contributed by atoms with Crippen LogP contribution in [0.3, 0.4) is 0 Å². The summed E-state index contributed by atoms with van der Waals surface area (Å²) in [5.41, 5.74) is 1.36. The largest absolute Gasteiger partial charge is 0.354 e. The maximum atomic E-state index is 4.54. The maximum Gasteiger partial charge on any atom is 0.222 e. The van der Waals surface area contributed by atoms with Gasteiger partial charge in [-0.2, -0.15) is 5.10 Å². The Morgan fingerprint density at radius 2 is 1.88 bits per heavy atom. The highest BCUT2D eigenvalue weighted by molar-refractivity contribution is 5.21. The lowest BCUT2D eigenvalue weighted by Crippen LogP contribution is -2.32. The van der Waals surface area contributed by atoms with Crippen LogP contribution < -0.4 is 5.32 Å². The van der Waals surface area contributed by atoms with Crippen LogP contribution in [0.2, 0.25) is 0 Å². The zero-order valence-electron chi connectivity index (χ0n) is 14.8. The molecule has 0 bridgehead atoms. The number of nitrogens with one attached hydrogen (secondary N) is 1. The van der Waals surface area contributed by atoms with Crippen LogP contribution in [0.1, 0.15) is 37.8 Å². The second-order valence-corrected chi connectivity index (χ2v) is 7.50. The molecule has 4 rings (SSSR count). The van der Waals surface area contributed by atoms with Gasteiger partial charge in [0.05, 0.1) is 5.69 Å². The summed E-state index contributed by atoms with van der Waals surface area (Å²) in [6.07, 6.45) is 12.3. The fourth-order valence-corrected chi connectivity index (χ4v) is 4.28. The van der Waals surface area contributed by atoms with E-state index in [2.05, 4.69) is 36.0 Å². The minimum Gasteiger partial charge on any atom is -0.354 e. The lowest BCUT2D eigenvalue weighted by atomic mass is 10.0. The van der Waals surface area contributed by atoms with E-state index in [0.29, 0.717) is 5.92 Å². The summed E-state index contributed by atoms with van der Waals surface area (Å²) < 4.78 is 2.21. The summed E-state index contributed by atoms with van der Waals surface area (Å²) in [4.78, 5) is 11.1. The summed E-state index contributed by atoms with van der Waals surface area (Å²) >= 11 is 0. The summed E-state index contributed by atoms with van der Waals surface area (Å²) in [6, 6.07) is 4.02. The molecule has 1 aliphatic heterocycles. The molecule has 0 saturated heterocycles. The normalized spacial score (nSPS) is 21.8. The number of fused-ring (bicyclic) bond motifs is 1. The standard InChI is InChI=1S/C19H28N6/c1-2-5-16(4-1)12-24-13-17(14-25-18(15-24)7-11-23-25)6-10-22-19-20-8-3-9-21-19/h3,7-9,11,16-17H,1-2,4-6,10,12-15H2,(H,20,21,22)/t17-/m0/s1. The first-order chi connectivity index (χ1) is 12.4.